The molecule has 0 spiro atoms. The molecule has 0 rings (SSSR count). The molecule has 0 atom stereocenters. The molecule has 0 N–H and O–H groups in total. The highest BCUT2D eigenvalue weighted by Gasteiger charge is 2.84. The van der Waals surface area contributed by atoms with Gasteiger partial charge >= 0.3 is 0 Å². The summed E-state index contributed by atoms with van der Waals surface area (Å²) in [6, 6.07) is 0. The number of hydrogen-bond acceptors (Lipinski definition) is 0. The summed E-state index contributed by atoms with van der Waals surface area (Å²) in [5, 5.41) is 0. The lowest BCUT2D eigenvalue weighted by atomic mass is 10.0. The summed E-state index contributed by atoms with van der Waals surface area (Å²) >= 11 is 158. The van der Waals surface area contributed by atoms with Crippen molar-refractivity contribution in [3.05, 3.63) is 0 Å². The Hall–Kier alpha value is 19.2. The van der Waals surface area contributed by atoms with Gasteiger partial charge < -0.3 is 0 Å². The van der Waals surface area contributed by atoms with Crippen molar-refractivity contribution in [1.29, 1.82) is 0 Å². The zero-order chi connectivity index (χ0) is 50.2. The maximum Gasteiger partial charge on any atom is 0.135 e. The Labute approximate surface area is 684 Å². The van der Waals surface area contributed by atoms with Crippen LogP contribution < -0.4 is 0 Å². The van der Waals surface area contributed by atoms with E-state index in [0.717, 1.165) is 0 Å². The minimum absolute atomic E-state index is 0.313. The molecule has 0 aliphatic carbocycles. The summed E-state index contributed by atoms with van der Waals surface area (Å²) < 4.78 is -22.8. The molecular weight excluding hydrogens is 3440 g/mol. The van der Waals surface area contributed by atoms with E-state index in [2.05, 4.69) is 637 Å². The second-order valence-electron chi connectivity index (χ2n) is 11.0. The molecule has 0 aliphatic rings. The number of alkyl halides is 40. The number of rotatable bonds is 19. The zero-order valence-corrected chi connectivity index (χ0v) is 88.7. The summed E-state index contributed by atoms with van der Waals surface area (Å²) in [5.74, 6) is 0. The monoisotopic (exact) mass is 3400 g/mol. The molecule has 0 fully saturated rings. The third-order valence-corrected chi connectivity index (χ3v) is 93.5. The highest BCUT2D eigenvalue weighted by Crippen LogP contribution is 2.84. The van der Waals surface area contributed by atoms with Crippen LogP contribution in [0.15, 0.2) is 0 Å². The third kappa shape index (κ3) is 13.2. The molecule has 0 heterocycles. The van der Waals surface area contributed by atoms with Crippen molar-refractivity contribution in [2.75, 3.05) is 0 Å². The van der Waals surface area contributed by atoms with Gasteiger partial charge in [-0.1, -0.05) is 637 Å². The molecular formula is C20H2Br40. The second kappa shape index (κ2) is 26.3. The van der Waals surface area contributed by atoms with E-state index in [1.54, 1.807) is 0 Å². The SMILES string of the molecule is BrC(Br)C(Br)(Br)C(Br)(Br)C(Br)(Br)C(Br)(Br)C(Br)(Br)C(Br)(Br)C(Br)(Br)C(Br)(Br)C(Br)(Br)C(Br)(Br)C(Br)(Br)C(Br)(Br)C(Br)(Br)C(Br)(Br)C(Br)(Br)C(Br)(Br)C(Br)(Br)C(Br)(Br)C(Br)Br. The van der Waals surface area contributed by atoms with Crippen LogP contribution in [0.5, 0.6) is 0 Å². The van der Waals surface area contributed by atoms with Gasteiger partial charge in [0, 0.05) is 0 Å². The summed E-state index contributed by atoms with van der Waals surface area (Å²) in [5.41, 5.74) is 0. The van der Waals surface area contributed by atoms with Crippen LogP contribution in [-0.2, 0) is 0 Å². The van der Waals surface area contributed by atoms with Crippen molar-refractivity contribution in [2.45, 2.75) is 65.7 Å². The Bertz CT molecular complexity index is 1420. The summed E-state index contributed by atoms with van der Waals surface area (Å²) in [6.45, 7) is 0. The Balaban J connectivity index is 7.92. The van der Waals surface area contributed by atoms with Crippen LogP contribution in [-0.4, -0.2) is 65.7 Å². The Morgan fingerprint density at radius 3 is 0.267 bits per heavy atom. The molecule has 0 aromatic carbocycles. The zero-order valence-electron chi connectivity index (χ0n) is 25.3. The first kappa shape index (κ1) is 79.2. The fourth-order valence-corrected chi connectivity index (χ4v) is 44.3. The van der Waals surface area contributed by atoms with Crippen LogP contribution in [0.2, 0.25) is 0 Å². The molecule has 362 valence electrons. The van der Waals surface area contributed by atoms with E-state index < -0.39 is 58.2 Å². The molecule has 0 aromatic heterocycles. The van der Waals surface area contributed by atoms with Gasteiger partial charge in [-0.15, -0.1) is 0 Å². The highest BCUT2D eigenvalue weighted by atomic mass is 80.0. The van der Waals surface area contributed by atoms with Crippen molar-refractivity contribution in [2.24, 2.45) is 0 Å². The molecule has 40 heteroatoms. The molecule has 0 saturated carbocycles. The van der Waals surface area contributed by atoms with Crippen LogP contribution in [0.1, 0.15) is 0 Å². The van der Waals surface area contributed by atoms with Gasteiger partial charge in [-0.3, -0.25) is 0 Å². The molecule has 0 saturated heterocycles. The molecule has 0 bridgehead atoms. The fraction of sp³-hybridized carbons (Fsp3) is 1.00. The minimum atomic E-state index is -1.37. The lowest BCUT2D eigenvalue weighted by Crippen LogP contribution is -2.74. The van der Waals surface area contributed by atoms with E-state index in [1.165, 1.54) is 0 Å². The van der Waals surface area contributed by atoms with Gasteiger partial charge in [-0.2, -0.15) is 0 Å². The van der Waals surface area contributed by atoms with Crippen LogP contribution >= 0.6 is 637 Å². The maximum atomic E-state index is 4.06. The highest BCUT2D eigenvalue weighted by molar-refractivity contribution is 9.41. The van der Waals surface area contributed by atoms with Gasteiger partial charge in [0.2, 0.25) is 0 Å². The van der Waals surface area contributed by atoms with Crippen LogP contribution in [0.4, 0.5) is 0 Å². The van der Waals surface area contributed by atoms with Gasteiger partial charge in [-0.05, 0) is 0 Å². The molecule has 0 amide bonds. The first-order valence-corrected chi connectivity index (χ1v) is 44.7. The molecule has 0 aliphatic heterocycles. The number of hydrogen-bond donors (Lipinski definition) is 0. The van der Waals surface area contributed by atoms with E-state index in [0.29, 0.717) is 0 Å². The van der Waals surface area contributed by atoms with E-state index in [4.69, 9.17) is 0 Å². The van der Waals surface area contributed by atoms with E-state index in [9.17, 15) is 0 Å². The maximum absolute atomic E-state index is 4.06. The van der Waals surface area contributed by atoms with Crippen molar-refractivity contribution < 1.29 is 0 Å². The summed E-state index contributed by atoms with van der Waals surface area (Å²) in [7, 11) is 0. The second-order valence-corrected chi connectivity index (χ2v) is 79.4. The van der Waals surface area contributed by atoms with Gasteiger partial charge in [-0.25, -0.2) is 0 Å². The van der Waals surface area contributed by atoms with Gasteiger partial charge in [0.25, 0.3) is 0 Å². The average molecular weight is 3440 g/mol. The van der Waals surface area contributed by atoms with Gasteiger partial charge in [0.15, 0.2) is 0 Å². The molecule has 0 nitrogen and oxygen atoms in total. The topological polar surface area (TPSA) is 0 Å². The molecule has 60 heavy (non-hydrogen) atoms. The predicted octanol–water partition coefficient (Wildman–Crippen LogP) is 30.0. The average Bonchev–Trinajstić information content (AvgIpc) is 3.02. The Kier molecular flexibility index (Phi) is 34.7. The fourth-order valence-electron chi connectivity index (χ4n) is 3.45. The van der Waals surface area contributed by atoms with Gasteiger partial charge in [0.1, 0.15) is 58.2 Å². The Morgan fingerprint density at radius 1 is 0.133 bits per heavy atom. The molecule has 0 radical (unpaired) electrons. The largest absolute Gasteiger partial charge is 0.135 e. The van der Waals surface area contributed by atoms with E-state index in [-0.39, 0.29) is 7.47 Å². The third-order valence-electron chi connectivity index (χ3n) is 7.30. The molecule has 0 aromatic rings. The smallest absolute Gasteiger partial charge is 0.0739 e. The standard InChI is InChI=1S/C20H2Br40/c21-1(22)3(25,26)5(29,30)7(33,34)9(37,38)11(41,42)13(45,46)15(49,50)17(53,54)19(57,58)20(59,60)18(55,56)16(51,52)14(47,48)12(43,44)10(39,40)8(35,36)6(31,32)4(27,28)2(23)24/h1-2H. The molecule has 0 unspecified atom stereocenters. The van der Waals surface area contributed by atoms with Crippen molar-refractivity contribution >= 4 is 637 Å². The van der Waals surface area contributed by atoms with E-state index in [1.807, 2.05) is 0 Å². The minimum Gasteiger partial charge on any atom is -0.0739 e. The van der Waals surface area contributed by atoms with Crippen molar-refractivity contribution in [1.82, 2.24) is 0 Å². The van der Waals surface area contributed by atoms with Gasteiger partial charge in [0.05, 0.1) is 7.47 Å². The normalized spacial score (nSPS) is 17.3. The van der Waals surface area contributed by atoms with Crippen molar-refractivity contribution in [3.63, 3.8) is 0 Å². The number of halogens is 40. The van der Waals surface area contributed by atoms with Crippen LogP contribution in [0, 0.1) is 0 Å². The van der Waals surface area contributed by atoms with Crippen LogP contribution in [0.25, 0.3) is 0 Å². The summed E-state index contributed by atoms with van der Waals surface area (Å²) in [4.78, 5) is 0. The van der Waals surface area contributed by atoms with E-state index >= 15 is 0 Å². The Morgan fingerprint density at radius 2 is 0.200 bits per heavy atom. The quantitative estimate of drug-likeness (QED) is 0.113. The predicted molar refractivity (Wildman–Crippen MR) is 414 cm³/mol. The lowest BCUT2D eigenvalue weighted by Gasteiger charge is -2.62. The van der Waals surface area contributed by atoms with Crippen molar-refractivity contribution in [3.8, 4) is 0 Å². The summed E-state index contributed by atoms with van der Waals surface area (Å²) in [6.07, 6.45) is 0. The first-order chi connectivity index (χ1) is 25.1. The lowest BCUT2D eigenvalue weighted by molar-refractivity contribution is 0.517. The first-order valence-electron chi connectivity index (χ1n) is 12.5. The van der Waals surface area contributed by atoms with Crippen LogP contribution in [0.3, 0.4) is 0 Å².